The Bertz CT molecular complexity index is 775. The largest absolute Gasteiger partial charge is 0.335 e. The summed E-state index contributed by atoms with van der Waals surface area (Å²) >= 11 is 1.25. The minimum absolute atomic E-state index is 0.132. The fourth-order valence-electron chi connectivity index (χ4n) is 4.33. The number of hydrogen-bond donors (Lipinski definition) is 0. The maximum Gasteiger partial charge on any atom is 0.265 e. The number of hydrogen-bond acceptors (Lipinski definition) is 6. The number of carbonyl (C=O) groups excluding carboxylic acids is 1. The van der Waals surface area contributed by atoms with E-state index in [0.29, 0.717) is 31.1 Å². The molecule has 4 rings (SSSR count). The number of piperazine rings is 1. The molecule has 1 amide bonds. The second-order valence-electron chi connectivity index (χ2n) is 7.91. The lowest BCUT2D eigenvalue weighted by molar-refractivity contribution is 0.0628. The van der Waals surface area contributed by atoms with E-state index in [9.17, 15) is 13.2 Å². The molecule has 1 aromatic rings. The quantitative estimate of drug-likeness (QED) is 0.688. The summed E-state index contributed by atoms with van der Waals surface area (Å²) in [5.41, 5.74) is 0. The normalized spacial score (nSPS) is 22.9. The molecule has 0 N–H and O–H groups in total. The van der Waals surface area contributed by atoms with Gasteiger partial charge in [-0.25, -0.2) is 8.42 Å². The van der Waals surface area contributed by atoms with Crippen molar-refractivity contribution in [2.45, 2.75) is 30.6 Å². The van der Waals surface area contributed by atoms with Crippen LogP contribution in [0.4, 0.5) is 0 Å². The topological polar surface area (TPSA) is 64.2 Å². The summed E-state index contributed by atoms with van der Waals surface area (Å²) in [6.07, 6.45) is 4.41. The Hall–Kier alpha value is -1.00. The maximum absolute atomic E-state index is 13.0. The molecule has 9 heteroatoms. The smallest absolute Gasteiger partial charge is 0.265 e. The van der Waals surface area contributed by atoms with E-state index in [4.69, 9.17) is 0 Å². The zero-order chi connectivity index (χ0) is 19.6. The Morgan fingerprint density at radius 1 is 0.857 bits per heavy atom. The molecule has 7 nitrogen and oxygen atoms in total. The fourth-order valence-corrected chi connectivity index (χ4v) is 7.21. The minimum atomic E-state index is -3.56. The Kier molecular flexibility index (Phi) is 6.37. The highest BCUT2D eigenvalue weighted by Gasteiger charge is 2.33. The third-order valence-electron chi connectivity index (χ3n) is 6.10. The third-order valence-corrected chi connectivity index (χ3v) is 9.07. The molecule has 0 spiro atoms. The van der Waals surface area contributed by atoms with Crippen LogP contribution in [0.2, 0.25) is 0 Å². The molecule has 0 atom stereocenters. The van der Waals surface area contributed by atoms with E-state index < -0.39 is 10.0 Å². The monoisotopic (exact) mass is 426 g/mol. The van der Waals surface area contributed by atoms with Gasteiger partial charge in [0, 0.05) is 52.4 Å². The van der Waals surface area contributed by atoms with E-state index in [2.05, 4.69) is 9.80 Å². The molecule has 0 bridgehead atoms. The Morgan fingerprint density at radius 2 is 1.43 bits per heavy atom. The molecule has 156 valence electrons. The van der Waals surface area contributed by atoms with Crippen molar-refractivity contribution in [2.75, 3.05) is 65.4 Å². The Labute approximate surface area is 171 Å². The standard InChI is InChI=1S/C19H30N4O3S2/c24-19(18-17(5-16-27-18)28(25,26)23-8-3-4-9-23)22-14-12-21(13-15-22)11-10-20-6-1-2-7-20/h5,16H,1-4,6-15H2. The van der Waals surface area contributed by atoms with Crippen LogP contribution in [0.1, 0.15) is 35.4 Å². The zero-order valence-corrected chi connectivity index (χ0v) is 18.0. The van der Waals surface area contributed by atoms with Crippen molar-refractivity contribution >= 4 is 27.3 Å². The van der Waals surface area contributed by atoms with Crippen LogP contribution < -0.4 is 0 Å². The van der Waals surface area contributed by atoms with Crippen molar-refractivity contribution in [3.8, 4) is 0 Å². The number of nitrogens with zero attached hydrogens (tertiary/aromatic N) is 4. The second-order valence-corrected chi connectivity index (χ2v) is 10.7. The molecular weight excluding hydrogens is 396 g/mol. The molecular formula is C19H30N4O3S2. The minimum Gasteiger partial charge on any atom is -0.335 e. The lowest BCUT2D eigenvalue weighted by atomic mass is 10.3. The molecule has 0 saturated carbocycles. The van der Waals surface area contributed by atoms with Crippen LogP contribution in [-0.2, 0) is 10.0 Å². The second kappa shape index (κ2) is 8.79. The molecule has 3 fully saturated rings. The number of thiophene rings is 1. The average Bonchev–Trinajstić information content (AvgIpc) is 3.48. The van der Waals surface area contributed by atoms with Crippen molar-refractivity contribution in [3.05, 3.63) is 16.3 Å². The maximum atomic E-state index is 13.0. The molecule has 28 heavy (non-hydrogen) atoms. The van der Waals surface area contributed by atoms with Crippen LogP contribution >= 0.6 is 11.3 Å². The summed E-state index contributed by atoms with van der Waals surface area (Å²) in [5.74, 6) is -0.132. The van der Waals surface area contributed by atoms with E-state index >= 15 is 0 Å². The van der Waals surface area contributed by atoms with Gasteiger partial charge in [-0.05, 0) is 50.2 Å². The summed E-state index contributed by atoms with van der Waals surface area (Å²) in [6, 6.07) is 1.60. The van der Waals surface area contributed by atoms with Gasteiger partial charge in [-0.3, -0.25) is 9.69 Å². The predicted molar refractivity (Wildman–Crippen MR) is 110 cm³/mol. The summed E-state index contributed by atoms with van der Waals surface area (Å²) in [7, 11) is -3.56. The number of likely N-dealkylation sites (tertiary alicyclic amines) is 1. The van der Waals surface area contributed by atoms with Crippen LogP contribution in [0.5, 0.6) is 0 Å². The lowest BCUT2D eigenvalue weighted by Crippen LogP contribution is -2.50. The third kappa shape index (κ3) is 4.28. The SMILES string of the molecule is O=C(c1sccc1S(=O)(=O)N1CCCC1)N1CCN(CCN2CCCC2)CC1. The summed E-state index contributed by atoms with van der Waals surface area (Å²) in [6.45, 7) is 8.75. The first-order valence-corrected chi connectivity index (χ1v) is 12.7. The van der Waals surface area contributed by atoms with E-state index in [1.54, 1.807) is 11.4 Å². The van der Waals surface area contributed by atoms with Gasteiger partial charge in [0.05, 0.1) is 0 Å². The lowest BCUT2D eigenvalue weighted by Gasteiger charge is -2.35. The van der Waals surface area contributed by atoms with E-state index in [0.717, 1.165) is 39.0 Å². The number of rotatable bonds is 6. The molecule has 3 saturated heterocycles. The summed E-state index contributed by atoms with van der Waals surface area (Å²) < 4.78 is 27.3. The van der Waals surface area contributed by atoms with E-state index in [-0.39, 0.29) is 10.8 Å². The van der Waals surface area contributed by atoms with Crippen molar-refractivity contribution in [3.63, 3.8) is 0 Å². The van der Waals surface area contributed by atoms with Crippen molar-refractivity contribution in [2.24, 2.45) is 0 Å². The van der Waals surface area contributed by atoms with Gasteiger partial charge in [0.25, 0.3) is 5.91 Å². The summed E-state index contributed by atoms with van der Waals surface area (Å²) in [5, 5.41) is 1.72. The molecule has 0 aliphatic carbocycles. The van der Waals surface area contributed by atoms with Crippen molar-refractivity contribution < 1.29 is 13.2 Å². The predicted octanol–water partition coefficient (Wildman–Crippen LogP) is 1.39. The molecule has 3 aliphatic rings. The van der Waals surface area contributed by atoms with Crippen LogP contribution in [-0.4, -0.2) is 98.8 Å². The fraction of sp³-hybridized carbons (Fsp3) is 0.737. The highest BCUT2D eigenvalue weighted by atomic mass is 32.2. The van der Waals surface area contributed by atoms with Crippen molar-refractivity contribution in [1.82, 2.24) is 19.0 Å². The molecule has 0 radical (unpaired) electrons. The van der Waals surface area contributed by atoms with Crippen molar-refractivity contribution in [1.29, 1.82) is 0 Å². The molecule has 0 unspecified atom stereocenters. The first-order chi connectivity index (χ1) is 13.6. The summed E-state index contributed by atoms with van der Waals surface area (Å²) in [4.78, 5) is 20.4. The van der Waals surface area contributed by atoms with Crippen LogP contribution in [0.25, 0.3) is 0 Å². The number of sulfonamides is 1. The number of carbonyl (C=O) groups is 1. The van der Waals surface area contributed by atoms with Gasteiger partial charge >= 0.3 is 0 Å². The van der Waals surface area contributed by atoms with Gasteiger partial charge in [-0.1, -0.05) is 0 Å². The van der Waals surface area contributed by atoms with E-state index in [1.165, 1.54) is 41.6 Å². The van der Waals surface area contributed by atoms with Gasteiger partial charge in [0.1, 0.15) is 9.77 Å². The first kappa shape index (κ1) is 20.3. The molecule has 3 aliphatic heterocycles. The van der Waals surface area contributed by atoms with Gasteiger partial charge < -0.3 is 9.80 Å². The Morgan fingerprint density at radius 3 is 2.07 bits per heavy atom. The highest BCUT2D eigenvalue weighted by molar-refractivity contribution is 7.89. The van der Waals surface area contributed by atoms with Crippen LogP contribution in [0, 0.1) is 0 Å². The highest BCUT2D eigenvalue weighted by Crippen LogP contribution is 2.29. The van der Waals surface area contributed by atoms with Gasteiger partial charge in [0.2, 0.25) is 10.0 Å². The van der Waals surface area contributed by atoms with Gasteiger partial charge in [-0.2, -0.15) is 4.31 Å². The molecule has 1 aromatic heterocycles. The van der Waals surface area contributed by atoms with Gasteiger partial charge in [-0.15, -0.1) is 11.3 Å². The first-order valence-electron chi connectivity index (χ1n) is 10.4. The van der Waals surface area contributed by atoms with Crippen LogP contribution in [0.15, 0.2) is 16.3 Å². The van der Waals surface area contributed by atoms with Crippen LogP contribution in [0.3, 0.4) is 0 Å². The van der Waals surface area contributed by atoms with E-state index in [1.807, 2.05) is 4.90 Å². The van der Waals surface area contributed by atoms with Gasteiger partial charge in [0.15, 0.2) is 0 Å². The molecule has 4 heterocycles. The Balaban J connectivity index is 1.35. The number of amides is 1. The average molecular weight is 427 g/mol. The molecule has 0 aromatic carbocycles. The zero-order valence-electron chi connectivity index (χ0n) is 16.4.